The summed E-state index contributed by atoms with van der Waals surface area (Å²) in [6.07, 6.45) is -4.23. The molecule has 0 radical (unpaired) electrons. The van der Waals surface area contributed by atoms with Gasteiger partial charge in [-0.25, -0.2) is 4.98 Å². The molecule has 0 unspecified atom stereocenters. The van der Waals surface area contributed by atoms with Gasteiger partial charge in [0.2, 0.25) is 5.28 Å². The van der Waals surface area contributed by atoms with Crippen molar-refractivity contribution < 1.29 is 17.4 Å². The summed E-state index contributed by atoms with van der Waals surface area (Å²) in [5.74, 6) is 0.428. The zero-order valence-electron chi connectivity index (χ0n) is 12.8. The fourth-order valence-electron chi connectivity index (χ4n) is 2.60. The number of rotatable bonds is 3. The number of aromatic nitrogens is 3. The monoisotopic (exact) mass is 392 g/mol. The Bertz CT molecular complexity index is 930. The fourth-order valence-corrected chi connectivity index (χ4v) is 4.12. The number of hydrogen-bond donors (Lipinski definition) is 2. The quantitative estimate of drug-likeness (QED) is 0.783. The van der Waals surface area contributed by atoms with E-state index in [0.717, 1.165) is 6.07 Å². The minimum atomic E-state index is -4.68. The van der Waals surface area contributed by atoms with Gasteiger partial charge in [0.15, 0.2) is 0 Å². The SMILES string of the molecule is Cc1cc(C(F)(F)F)c(CNc2nc(Cl)nc3c2[S@](=O)CC3)c(=O)[nH]1. The number of nitrogens with zero attached hydrogens (tertiary/aromatic N) is 2. The molecule has 3 rings (SSSR count). The maximum atomic E-state index is 13.2. The number of alkyl halides is 3. The maximum Gasteiger partial charge on any atom is 0.417 e. The lowest BCUT2D eigenvalue weighted by Gasteiger charge is -2.15. The van der Waals surface area contributed by atoms with Gasteiger partial charge in [0.1, 0.15) is 10.7 Å². The van der Waals surface area contributed by atoms with Crippen molar-refractivity contribution in [2.24, 2.45) is 0 Å². The van der Waals surface area contributed by atoms with E-state index in [4.69, 9.17) is 11.6 Å². The van der Waals surface area contributed by atoms with E-state index in [1.165, 1.54) is 6.92 Å². The number of nitrogens with one attached hydrogen (secondary N) is 2. The lowest BCUT2D eigenvalue weighted by atomic mass is 10.1. The zero-order chi connectivity index (χ0) is 18.4. The van der Waals surface area contributed by atoms with Crippen molar-refractivity contribution in [2.45, 2.75) is 31.0 Å². The molecular formula is C14H12ClF3N4O2S. The molecule has 134 valence electrons. The lowest BCUT2D eigenvalue weighted by Crippen LogP contribution is -2.24. The average Bonchev–Trinajstić information content (AvgIpc) is 2.85. The van der Waals surface area contributed by atoms with Crippen LogP contribution in [0.5, 0.6) is 0 Å². The second-order valence-electron chi connectivity index (χ2n) is 5.44. The summed E-state index contributed by atoms with van der Waals surface area (Å²) < 4.78 is 51.7. The number of anilines is 1. The predicted molar refractivity (Wildman–Crippen MR) is 86.1 cm³/mol. The van der Waals surface area contributed by atoms with Crippen molar-refractivity contribution in [3.05, 3.63) is 44.2 Å². The fraction of sp³-hybridized carbons (Fsp3) is 0.357. The lowest BCUT2D eigenvalue weighted by molar-refractivity contribution is -0.138. The molecule has 2 aromatic heterocycles. The first-order chi connectivity index (χ1) is 11.7. The van der Waals surface area contributed by atoms with E-state index in [0.29, 0.717) is 22.8 Å². The van der Waals surface area contributed by atoms with E-state index in [2.05, 4.69) is 20.3 Å². The highest BCUT2D eigenvalue weighted by Gasteiger charge is 2.35. The van der Waals surface area contributed by atoms with Gasteiger partial charge < -0.3 is 10.3 Å². The molecule has 3 heterocycles. The van der Waals surface area contributed by atoms with Gasteiger partial charge in [-0.3, -0.25) is 9.00 Å². The molecular weight excluding hydrogens is 381 g/mol. The molecule has 0 amide bonds. The largest absolute Gasteiger partial charge is 0.417 e. The molecule has 0 saturated carbocycles. The molecule has 1 aliphatic rings. The van der Waals surface area contributed by atoms with Crippen molar-refractivity contribution in [1.82, 2.24) is 15.0 Å². The first kappa shape index (κ1) is 17.9. The smallest absolute Gasteiger partial charge is 0.365 e. The molecule has 11 heteroatoms. The third-order valence-corrected chi connectivity index (χ3v) is 5.30. The van der Waals surface area contributed by atoms with Crippen LogP contribution in [-0.4, -0.2) is 24.9 Å². The molecule has 0 aromatic carbocycles. The molecule has 1 aliphatic heterocycles. The van der Waals surface area contributed by atoms with E-state index in [1.54, 1.807) is 0 Å². The van der Waals surface area contributed by atoms with E-state index >= 15 is 0 Å². The van der Waals surface area contributed by atoms with Crippen LogP contribution in [0.2, 0.25) is 5.28 Å². The minimum Gasteiger partial charge on any atom is -0.365 e. The summed E-state index contributed by atoms with van der Waals surface area (Å²) in [6, 6.07) is 0.869. The van der Waals surface area contributed by atoms with E-state index in [-0.39, 0.29) is 16.8 Å². The van der Waals surface area contributed by atoms with Crippen LogP contribution >= 0.6 is 11.6 Å². The van der Waals surface area contributed by atoms with Crippen LogP contribution in [0.25, 0.3) is 0 Å². The number of hydrogen-bond acceptors (Lipinski definition) is 5. The molecule has 2 N–H and O–H groups in total. The van der Waals surface area contributed by atoms with Crippen LogP contribution in [0.15, 0.2) is 15.8 Å². The summed E-state index contributed by atoms with van der Waals surface area (Å²) in [5, 5.41) is 2.55. The zero-order valence-corrected chi connectivity index (χ0v) is 14.4. The van der Waals surface area contributed by atoms with Gasteiger partial charge in [-0.2, -0.15) is 18.2 Å². The van der Waals surface area contributed by atoms with Crippen LogP contribution in [-0.2, 0) is 29.9 Å². The number of halogens is 4. The molecule has 0 bridgehead atoms. The molecule has 1 atom stereocenters. The van der Waals surface area contributed by atoms with Crippen molar-refractivity contribution in [3.8, 4) is 0 Å². The molecule has 6 nitrogen and oxygen atoms in total. The third-order valence-electron chi connectivity index (χ3n) is 3.67. The average molecular weight is 393 g/mol. The van der Waals surface area contributed by atoms with E-state index in [9.17, 15) is 22.2 Å². The first-order valence-corrected chi connectivity index (χ1v) is 8.85. The Kier molecular flexibility index (Phi) is 4.58. The Morgan fingerprint density at radius 2 is 2.12 bits per heavy atom. The highest BCUT2D eigenvalue weighted by Crippen LogP contribution is 2.32. The molecule has 2 aromatic rings. The van der Waals surface area contributed by atoms with Gasteiger partial charge in [0.25, 0.3) is 5.56 Å². The summed E-state index contributed by atoms with van der Waals surface area (Å²) in [6.45, 7) is 0.926. The maximum absolute atomic E-state index is 13.2. The van der Waals surface area contributed by atoms with Crippen molar-refractivity contribution in [3.63, 3.8) is 0 Å². The summed E-state index contributed by atoms with van der Waals surface area (Å²) in [4.78, 5) is 22.5. The number of fused-ring (bicyclic) bond motifs is 1. The van der Waals surface area contributed by atoms with Crippen LogP contribution in [0.1, 0.15) is 22.5 Å². The molecule has 0 spiro atoms. The number of aromatic amines is 1. The Morgan fingerprint density at radius 1 is 1.40 bits per heavy atom. The Morgan fingerprint density at radius 3 is 2.80 bits per heavy atom. The van der Waals surface area contributed by atoms with E-state index in [1.807, 2.05) is 0 Å². The van der Waals surface area contributed by atoms with Crippen LogP contribution in [0, 0.1) is 6.92 Å². The minimum absolute atomic E-state index is 0.0823. The van der Waals surface area contributed by atoms with Gasteiger partial charge in [-0.15, -0.1) is 0 Å². The standard InChI is InChI=1S/C14H12ClF3N4O2S/c1-6-4-8(14(16,17)18)7(12(23)20-6)5-19-11-10-9(2-3-25(10)24)21-13(15)22-11/h4H,2-3,5H2,1H3,(H,20,23)(H,19,21,22)/t25-/m1/s1. The van der Waals surface area contributed by atoms with Gasteiger partial charge >= 0.3 is 6.18 Å². The van der Waals surface area contributed by atoms with Gasteiger partial charge in [-0.05, 0) is 24.6 Å². The summed E-state index contributed by atoms with van der Waals surface area (Å²) in [7, 11) is -1.36. The molecule has 0 fully saturated rings. The molecule has 0 saturated heterocycles. The number of pyridine rings is 1. The molecule has 25 heavy (non-hydrogen) atoms. The summed E-state index contributed by atoms with van der Waals surface area (Å²) >= 11 is 5.80. The topological polar surface area (TPSA) is 87.7 Å². The van der Waals surface area contributed by atoms with Crippen LogP contribution in [0.4, 0.5) is 19.0 Å². The Labute approximate surface area is 147 Å². The summed E-state index contributed by atoms with van der Waals surface area (Å²) in [5.41, 5.74) is -1.76. The van der Waals surface area contributed by atoms with Crippen LogP contribution in [0.3, 0.4) is 0 Å². The highest BCUT2D eigenvalue weighted by molar-refractivity contribution is 7.85. The number of aryl methyl sites for hydroxylation is 2. The van der Waals surface area contributed by atoms with Crippen molar-refractivity contribution in [2.75, 3.05) is 11.1 Å². The highest BCUT2D eigenvalue weighted by atomic mass is 35.5. The second-order valence-corrected chi connectivity index (χ2v) is 7.29. The van der Waals surface area contributed by atoms with E-state index < -0.39 is 40.2 Å². The van der Waals surface area contributed by atoms with Gasteiger partial charge in [-0.1, -0.05) is 0 Å². The Hall–Kier alpha value is -1.94. The van der Waals surface area contributed by atoms with Crippen LogP contribution < -0.4 is 10.9 Å². The van der Waals surface area contributed by atoms with Gasteiger partial charge in [0, 0.05) is 30.0 Å². The predicted octanol–water partition coefficient (Wildman–Crippen LogP) is 2.42. The van der Waals surface area contributed by atoms with Gasteiger partial charge in [0.05, 0.1) is 22.1 Å². The normalized spacial score (nSPS) is 16.8. The van der Waals surface area contributed by atoms with Crippen molar-refractivity contribution in [1.29, 1.82) is 0 Å². The third kappa shape index (κ3) is 3.54. The molecule has 0 aliphatic carbocycles. The van der Waals surface area contributed by atoms with Crippen molar-refractivity contribution >= 4 is 28.2 Å². The Balaban J connectivity index is 1.99. The number of H-pyrrole nitrogens is 1. The second kappa shape index (κ2) is 6.41. The first-order valence-electron chi connectivity index (χ1n) is 7.15.